The Bertz CT molecular complexity index is 313. The number of hydrogen-bond acceptors (Lipinski definition) is 3. The van der Waals surface area contributed by atoms with Crippen LogP contribution < -0.4 is 0 Å². The summed E-state index contributed by atoms with van der Waals surface area (Å²) in [6, 6.07) is 10.0. The van der Waals surface area contributed by atoms with Gasteiger partial charge in [-0.1, -0.05) is 43.0 Å². The summed E-state index contributed by atoms with van der Waals surface area (Å²) in [6.07, 6.45) is 0. The maximum Gasteiger partial charge on any atom is 0.503 e. The number of rotatable bonds is 1. The fraction of sp³-hybridized carbons (Fsp3) is 0. The molecule has 1 aromatic rings. The fourth-order valence-corrected chi connectivity index (χ4v) is 0.589. The van der Waals surface area contributed by atoms with Gasteiger partial charge in [-0.3, -0.25) is 0 Å². The summed E-state index contributed by atoms with van der Waals surface area (Å²) >= 11 is -1.42. The molecule has 0 atom stereocenters. The van der Waals surface area contributed by atoms with Crippen molar-refractivity contribution in [3.8, 4) is 0 Å². The van der Waals surface area contributed by atoms with E-state index in [1.807, 2.05) is 36.4 Å². The summed E-state index contributed by atoms with van der Waals surface area (Å²) in [4.78, 5) is 8.56. The molecule has 15 heavy (non-hydrogen) atoms. The van der Waals surface area contributed by atoms with Gasteiger partial charge in [0.25, 0.3) is 0 Å². The number of carbonyl (C=O) groups is 1. The molecule has 6 heteroatoms. The number of benzene rings is 1. The van der Waals surface area contributed by atoms with E-state index in [0.717, 1.165) is 0 Å². The highest BCUT2D eigenvalue weighted by Crippen LogP contribution is 1.97. The van der Waals surface area contributed by atoms with E-state index in [1.165, 1.54) is 5.56 Å². The minimum atomic E-state index is -1.83. The van der Waals surface area contributed by atoms with Crippen LogP contribution >= 0.6 is 0 Å². The Balaban J connectivity index is 0. The Morgan fingerprint density at radius 1 is 1.20 bits per heavy atom. The molecule has 0 radical (unpaired) electrons. The van der Waals surface area contributed by atoms with Gasteiger partial charge in [0.2, 0.25) is 0 Å². The van der Waals surface area contributed by atoms with Gasteiger partial charge in [-0.25, -0.2) is 13.2 Å². The molecule has 0 spiro atoms. The maximum absolute atomic E-state index is 8.56. The molecule has 0 aliphatic carbocycles. The lowest BCUT2D eigenvalue weighted by Crippen LogP contribution is -1.81. The van der Waals surface area contributed by atoms with Crippen LogP contribution in [0.15, 0.2) is 36.9 Å². The Hall–Kier alpha value is -1.82. The third kappa shape index (κ3) is 18.9. The molecular formula is C9H12O5S. The molecule has 0 unspecified atom stereocenters. The Morgan fingerprint density at radius 2 is 1.53 bits per heavy atom. The minimum Gasteiger partial charge on any atom is -0.450 e. The largest absolute Gasteiger partial charge is 0.503 e. The van der Waals surface area contributed by atoms with E-state index < -0.39 is 17.7 Å². The molecule has 0 bridgehead atoms. The van der Waals surface area contributed by atoms with Crippen LogP contribution in [0.1, 0.15) is 5.56 Å². The van der Waals surface area contributed by atoms with E-state index in [-0.39, 0.29) is 0 Å². The molecule has 0 aromatic heterocycles. The highest BCUT2D eigenvalue weighted by Gasteiger charge is 1.75. The average Bonchev–Trinajstić information content (AvgIpc) is 2.19. The Labute approximate surface area is 90.3 Å². The van der Waals surface area contributed by atoms with E-state index in [4.69, 9.17) is 23.4 Å². The van der Waals surface area contributed by atoms with Crippen LogP contribution in [0, 0.1) is 0 Å². The van der Waals surface area contributed by atoms with Gasteiger partial charge in [0.05, 0.1) is 0 Å². The normalized spacial score (nSPS) is 7.20. The van der Waals surface area contributed by atoms with Gasteiger partial charge < -0.3 is 10.2 Å². The third-order valence-electron chi connectivity index (χ3n) is 1.04. The van der Waals surface area contributed by atoms with Gasteiger partial charge >= 0.3 is 6.16 Å². The van der Waals surface area contributed by atoms with Crippen molar-refractivity contribution in [2.45, 2.75) is 0 Å². The first-order chi connectivity index (χ1) is 7.08. The lowest BCUT2D eigenvalue weighted by atomic mass is 10.2. The lowest BCUT2D eigenvalue weighted by Gasteiger charge is -1.85. The second-order valence-electron chi connectivity index (χ2n) is 1.98. The molecular weight excluding hydrogens is 220 g/mol. The van der Waals surface area contributed by atoms with Crippen molar-refractivity contribution in [1.82, 2.24) is 0 Å². The smallest absolute Gasteiger partial charge is 0.450 e. The fourth-order valence-electron chi connectivity index (χ4n) is 0.589. The summed E-state index contributed by atoms with van der Waals surface area (Å²) in [5, 5.41) is 13.9. The molecule has 2 N–H and O–H groups in total. The lowest BCUT2D eigenvalue weighted by molar-refractivity contribution is 0.137. The van der Waals surface area contributed by atoms with Gasteiger partial charge in [0.1, 0.15) is 11.6 Å². The van der Waals surface area contributed by atoms with Crippen molar-refractivity contribution in [2.75, 3.05) is 0 Å². The van der Waals surface area contributed by atoms with Crippen LogP contribution in [-0.2, 0) is 11.6 Å². The zero-order valence-corrected chi connectivity index (χ0v) is 8.79. The van der Waals surface area contributed by atoms with Crippen LogP contribution in [0.3, 0.4) is 0 Å². The molecule has 1 aromatic carbocycles. The van der Waals surface area contributed by atoms with Gasteiger partial charge in [0, 0.05) is 0 Å². The zero-order valence-electron chi connectivity index (χ0n) is 7.79. The highest BCUT2D eigenvalue weighted by atomic mass is 32.1. The predicted molar refractivity (Wildman–Crippen MR) is 58.9 cm³/mol. The second kappa shape index (κ2) is 12.2. The molecule has 0 aliphatic heterocycles. The third-order valence-corrected chi connectivity index (χ3v) is 1.04. The SMILES string of the molecule is C=Cc1ccccc1.O=C(O)O.O=[SH2]=O. The zero-order chi connectivity index (χ0) is 12.1. The number of hydrogen-bond donors (Lipinski definition) is 2. The van der Waals surface area contributed by atoms with Crippen LogP contribution in [0.4, 0.5) is 4.79 Å². The monoisotopic (exact) mass is 232 g/mol. The molecule has 0 aliphatic rings. The summed E-state index contributed by atoms with van der Waals surface area (Å²) in [5.41, 5.74) is 1.17. The Morgan fingerprint density at radius 3 is 1.73 bits per heavy atom. The molecule has 0 fully saturated rings. The van der Waals surface area contributed by atoms with Crippen LogP contribution in [0.2, 0.25) is 0 Å². The van der Waals surface area contributed by atoms with Crippen molar-refractivity contribution < 1.29 is 23.4 Å². The quantitative estimate of drug-likeness (QED) is 0.762. The van der Waals surface area contributed by atoms with Gasteiger partial charge in [-0.05, 0) is 5.56 Å². The van der Waals surface area contributed by atoms with Crippen molar-refractivity contribution in [2.24, 2.45) is 0 Å². The summed E-state index contributed by atoms with van der Waals surface area (Å²) in [5.74, 6) is 0. The second-order valence-corrected chi connectivity index (χ2v) is 2.15. The molecule has 5 nitrogen and oxygen atoms in total. The first-order valence-corrected chi connectivity index (χ1v) is 4.48. The average molecular weight is 232 g/mol. The van der Waals surface area contributed by atoms with E-state index in [1.54, 1.807) is 0 Å². The molecule has 1 rings (SSSR count). The van der Waals surface area contributed by atoms with Gasteiger partial charge in [-0.2, -0.15) is 0 Å². The van der Waals surface area contributed by atoms with Crippen molar-refractivity contribution in [3.05, 3.63) is 42.5 Å². The van der Waals surface area contributed by atoms with E-state index in [9.17, 15) is 0 Å². The summed E-state index contributed by atoms with van der Waals surface area (Å²) in [6.45, 7) is 3.63. The van der Waals surface area contributed by atoms with Crippen LogP contribution in [0.5, 0.6) is 0 Å². The molecule has 84 valence electrons. The van der Waals surface area contributed by atoms with Crippen molar-refractivity contribution in [3.63, 3.8) is 0 Å². The van der Waals surface area contributed by atoms with Crippen molar-refractivity contribution in [1.29, 1.82) is 0 Å². The first kappa shape index (κ1) is 15.6. The number of carboxylic acid groups (broad SMARTS) is 2. The Kier molecular flexibility index (Phi) is 12.7. The summed E-state index contributed by atoms with van der Waals surface area (Å²) in [7, 11) is 0. The predicted octanol–water partition coefficient (Wildman–Crippen LogP) is 1.35. The van der Waals surface area contributed by atoms with E-state index in [2.05, 4.69) is 6.58 Å². The molecule has 0 saturated heterocycles. The summed E-state index contributed by atoms with van der Waals surface area (Å²) < 4.78 is 16.8. The molecule has 0 heterocycles. The minimum absolute atomic E-state index is 1.17. The van der Waals surface area contributed by atoms with Crippen LogP contribution in [-0.4, -0.2) is 24.8 Å². The topological polar surface area (TPSA) is 91.7 Å². The van der Waals surface area contributed by atoms with Gasteiger partial charge in [0.15, 0.2) is 0 Å². The molecule has 0 amide bonds. The first-order valence-electron chi connectivity index (χ1n) is 3.67. The van der Waals surface area contributed by atoms with E-state index in [0.29, 0.717) is 0 Å². The van der Waals surface area contributed by atoms with Gasteiger partial charge in [-0.15, -0.1) is 0 Å². The maximum atomic E-state index is 8.56. The van der Waals surface area contributed by atoms with E-state index >= 15 is 0 Å². The van der Waals surface area contributed by atoms with Crippen LogP contribution in [0.25, 0.3) is 6.08 Å². The highest BCUT2D eigenvalue weighted by molar-refractivity contribution is 7.51. The molecule has 0 saturated carbocycles. The standard InChI is InChI=1S/C8H8.CH2O3.H2O2S/c1-2-8-6-4-3-5-7-8;2-1(3)4;1-3-2/h2-7H,1H2;(H2,2,3,4);3H2. The van der Waals surface area contributed by atoms with Crippen molar-refractivity contribution >= 4 is 23.8 Å².